The zero-order chi connectivity index (χ0) is 22.3. The van der Waals surface area contributed by atoms with Crippen molar-refractivity contribution >= 4 is 29.6 Å². The lowest BCUT2D eigenvalue weighted by atomic mass is 10.0. The summed E-state index contributed by atoms with van der Waals surface area (Å²) < 4.78 is 5.21. The van der Waals surface area contributed by atoms with Crippen LogP contribution in [-0.4, -0.2) is 41.3 Å². The van der Waals surface area contributed by atoms with Crippen molar-refractivity contribution in [2.24, 2.45) is 21.1 Å². The third-order valence-electron chi connectivity index (χ3n) is 4.76. The van der Waals surface area contributed by atoms with Gasteiger partial charge in [0.05, 0.1) is 0 Å². The van der Waals surface area contributed by atoms with Gasteiger partial charge in [-0.15, -0.1) is 10.2 Å². The second kappa shape index (κ2) is 10.1. The number of nitrogens with zero attached hydrogens (tertiary/aromatic N) is 5. The fourth-order valence-electron chi connectivity index (χ4n) is 3.11. The molecule has 32 heavy (non-hydrogen) atoms. The maximum absolute atomic E-state index is 12.1. The summed E-state index contributed by atoms with van der Waals surface area (Å²) in [4.78, 5) is 32.4. The summed E-state index contributed by atoms with van der Waals surface area (Å²) in [5.74, 6) is 0.420. The van der Waals surface area contributed by atoms with Gasteiger partial charge in [-0.2, -0.15) is 4.98 Å². The fraction of sp³-hybridized carbons (Fsp3) is 0.286. The third-order valence-corrected chi connectivity index (χ3v) is 5.01. The van der Waals surface area contributed by atoms with E-state index in [0.717, 1.165) is 5.56 Å². The van der Waals surface area contributed by atoms with Crippen LogP contribution in [0.15, 0.2) is 67.7 Å². The van der Waals surface area contributed by atoms with E-state index < -0.39 is 5.92 Å². The molecule has 2 N–H and O–H groups in total. The van der Waals surface area contributed by atoms with Crippen LogP contribution in [0.2, 0.25) is 5.02 Å². The molecule has 0 aliphatic carbocycles. The number of rotatable bonds is 9. The zero-order valence-electron chi connectivity index (χ0n) is 17.0. The topological polar surface area (TPSA) is 134 Å². The van der Waals surface area contributed by atoms with E-state index in [1.54, 1.807) is 42.6 Å². The van der Waals surface area contributed by atoms with Crippen molar-refractivity contribution in [3.8, 4) is 11.4 Å². The summed E-state index contributed by atoms with van der Waals surface area (Å²) >= 11 is 5.88. The van der Waals surface area contributed by atoms with Crippen LogP contribution in [0.3, 0.4) is 0 Å². The minimum Gasteiger partial charge on any atom is -0.367 e. The molecule has 3 heterocycles. The number of amides is 2. The summed E-state index contributed by atoms with van der Waals surface area (Å²) in [6.45, 7) is 1.03. The molecule has 1 atom stereocenters. The van der Waals surface area contributed by atoms with E-state index >= 15 is 0 Å². The number of fused-ring (bicyclic) bond motifs is 1. The monoisotopic (exact) mass is 453 g/mol. The average Bonchev–Trinajstić information content (AvgIpc) is 3.28. The molecule has 0 radical (unpaired) electrons. The number of aromatic nitrogens is 2. The van der Waals surface area contributed by atoms with Crippen LogP contribution < -0.4 is 10.6 Å². The number of nitrogens with one attached hydrogen (secondary N) is 2. The number of aryl methyl sites for hydroxylation is 1. The Labute approximate surface area is 188 Å². The fourth-order valence-corrected chi connectivity index (χ4v) is 3.23. The third kappa shape index (κ3) is 5.33. The lowest BCUT2D eigenvalue weighted by Gasteiger charge is -2.19. The Morgan fingerprint density at radius 2 is 2.00 bits per heavy atom. The number of carbonyl (C=O) groups is 2. The van der Waals surface area contributed by atoms with E-state index in [9.17, 15) is 9.59 Å². The predicted octanol–water partition coefficient (Wildman–Crippen LogP) is 2.84. The molecule has 0 fully saturated rings. The predicted molar refractivity (Wildman–Crippen MR) is 117 cm³/mol. The maximum atomic E-state index is 12.1. The number of carbonyl (C=O) groups excluding carboxylic acids is 2. The van der Waals surface area contributed by atoms with Gasteiger partial charge < -0.3 is 15.2 Å². The molecule has 1 aromatic heterocycles. The molecule has 2 aliphatic heterocycles. The lowest BCUT2D eigenvalue weighted by molar-refractivity contribution is -0.121. The summed E-state index contributed by atoms with van der Waals surface area (Å²) in [6.07, 6.45) is 6.33. The molecule has 11 heteroatoms. The number of aliphatic imine (C=N–C) groups is 1. The van der Waals surface area contributed by atoms with Gasteiger partial charge in [0.25, 0.3) is 5.91 Å². The standard InChI is InChI=1S/C21H20ClN7O3/c22-14-6-4-13(5-7-14)19-26-17(32-29-19)9-8-16(30)23-11-2-12-25-20-18-15(3-1-10-24-18)21(31)28-27-20/h1,3-7,10,15,25H,2,8-9,11-12H2,(H,23,30). The van der Waals surface area contributed by atoms with Gasteiger partial charge in [-0.1, -0.05) is 22.8 Å². The second-order valence-electron chi connectivity index (χ2n) is 7.06. The SMILES string of the molecule is O=C(CCc1nc(-c2ccc(Cl)cc2)no1)NCCCNC1=C2N=CC=CC2C(=O)N=N1. The normalized spacial score (nSPS) is 16.9. The second-order valence-corrected chi connectivity index (χ2v) is 7.50. The summed E-state index contributed by atoms with van der Waals surface area (Å²) in [5, 5.41) is 18.1. The van der Waals surface area contributed by atoms with Crippen LogP contribution in [0, 0.1) is 5.92 Å². The van der Waals surface area contributed by atoms with Gasteiger partial charge in [-0.05, 0) is 36.8 Å². The van der Waals surface area contributed by atoms with Gasteiger partial charge in [-0.3, -0.25) is 14.6 Å². The number of azo groups is 1. The first-order valence-electron chi connectivity index (χ1n) is 10.1. The van der Waals surface area contributed by atoms with E-state index in [4.69, 9.17) is 16.1 Å². The van der Waals surface area contributed by atoms with Crippen LogP contribution >= 0.6 is 11.6 Å². The van der Waals surface area contributed by atoms with E-state index in [1.165, 1.54) is 0 Å². The summed E-state index contributed by atoms with van der Waals surface area (Å²) in [7, 11) is 0. The van der Waals surface area contributed by atoms with Crippen molar-refractivity contribution in [1.29, 1.82) is 0 Å². The minimum absolute atomic E-state index is 0.108. The highest BCUT2D eigenvalue weighted by Crippen LogP contribution is 2.26. The number of benzene rings is 1. The van der Waals surface area contributed by atoms with Gasteiger partial charge in [0.15, 0.2) is 5.82 Å². The molecule has 10 nitrogen and oxygen atoms in total. The van der Waals surface area contributed by atoms with E-state index in [1.807, 2.05) is 0 Å². The largest absolute Gasteiger partial charge is 0.367 e. The van der Waals surface area contributed by atoms with Crippen LogP contribution in [0.25, 0.3) is 11.4 Å². The Morgan fingerprint density at radius 3 is 2.84 bits per heavy atom. The van der Waals surface area contributed by atoms with Crippen LogP contribution in [0.4, 0.5) is 0 Å². The van der Waals surface area contributed by atoms with Crippen molar-refractivity contribution in [3.63, 3.8) is 0 Å². The number of halogens is 1. The number of allylic oxidation sites excluding steroid dienone is 1. The quantitative estimate of drug-likeness (QED) is 0.560. The number of hydrogen-bond donors (Lipinski definition) is 2. The highest BCUT2D eigenvalue weighted by atomic mass is 35.5. The van der Waals surface area contributed by atoms with Gasteiger partial charge in [0.1, 0.15) is 11.6 Å². The molecule has 2 aromatic rings. The summed E-state index contributed by atoms with van der Waals surface area (Å²) in [5.41, 5.74) is 1.36. The van der Waals surface area contributed by atoms with Crippen molar-refractivity contribution in [1.82, 2.24) is 20.8 Å². The highest BCUT2D eigenvalue weighted by molar-refractivity contribution is 6.30. The van der Waals surface area contributed by atoms with Gasteiger partial charge in [0.2, 0.25) is 17.6 Å². The van der Waals surface area contributed by atoms with Crippen molar-refractivity contribution < 1.29 is 14.1 Å². The molecule has 0 saturated carbocycles. The molecular formula is C21H20ClN7O3. The Bertz CT molecular complexity index is 1120. The van der Waals surface area contributed by atoms with Gasteiger partial charge in [0, 0.05) is 42.7 Å². The van der Waals surface area contributed by atoms with Gasteiger partial charge >= 0.3 is 0 Å². The maximum Gasteiger partial charge on any atom is 0.277 e. The Balaban J connectivity index is 1.16. The van der Waals surface area contributed by atoms with Crippen molar-refractivity contribution in [2.75, 3.05) is 13.1 Å². The van der Waals surface area contributed by atoms with Crippen molar-refractivity contribution in [2.45, 2.75) is 19.3 Å². The van der Waals surface area contributed by atoms with E-state index in [2.05, 4.69) is 36.0 Å². The smallest absolute Gasteiger partial charge is 0.277 e. The summed E-state index contributed by atoms with van der Waals surface area (Å²) in [6, 6.07) is 7.11. The zero-order valence-corrected chi connectivity index (χ0v) is 17.7. The molecule has 0 spiro atoms. The molecule has 0 saturated heterocycles. The Hall–Kier alpha value is -3.66. The number of dihydropyridines is 1. The van der Waals surface area contributed by atoms with E-state index in [-0.39, 0.29) is 18.2 Å². The first-order chi connectivity index (χ1) is 15.6. The molecule has 2 amide bonds. The first-order valence-corrected chi connectivity index (χ1v) is 10.5. The Morgan fingerprint density at radius 1 is 1.16 bits per heavy atom. The van der Waals surface area contributed by atoms with Gasteiger partial charge in [-0.25, -0.2) is 0 Å². The molecular weight excluding hydrogens is 434 g/mol. The average molecular weight is 454 g/mol. The molecule has 0 bridgehead atoms. The van der Waals surface area contributed by atoms with Crippen LogP contribution in [-0.2, 0) is 16.0 Å². The lowest BCUT2D eigenvalue weighted by Crippen LogP contribution is -2.29. The number of hydrogen-bond acceptors (Lipinski definition) is 8. The van der Waals surface area contributed by atoms with Crippen LogP contribution in [0.1, 0.15) is 18.7 Å². The molecule has 1 unspecified atom stereocenters. The van der Waals surface area contributed by atoms with E-state index in [0.29, 0.717) is 54.2 Å². The molecule has 4 rings (SSSR count). The molecule has 2 aliphatic rings. The van der Waals surface area contributed by atoms with Crippen LogP contribution in [0.5, 0.6) is 0 Å². The minimum atomic E-state index is -0.482. The Kier molecular flexibility index (Phi) is 6.81. The van der Waals surface area contributed by atoms with Crippen molar-refractivity contribution in [3.05, 3.63) is 58.8 Å². The highest BCUT2D eigenvalue weighted by Gasteiger charge is 2.28. The molecule has 164 valence electrons. The molecule has 1 aromatic carbocycles. The first kappa shape index (κ1) is 21.6.